The van der Waals surface area contributed by atoms with Gasteiger partial charge in [-0.25, -0.2) is 0 Å². The van der Waals surface area contributed by atoms with Crippen molar-refractivity contribution in [3.05, 3.63) is 34.9 Å². The van der Waals surface area contributed by atoms with Crippen molar-refractivity contribution in [2.45, 2.75) is 52.2 Å². The Hall–Kier alpha value is -1.39. The molecule has 1 aliphatic heterocycles. The molecule has 1 saturated heterocycles. The van der Waals surface area contributed by atoms with Crippen molar-refractivity contribution in [2.24, 2.45) is 0 Å². The number of carbonyl (C=O) groups is 1. The van der Waals surface area contributed by atoms with Gasteiger partial charge in [0.25, 0.3) is 0 Å². The molecule has 1 aromatic carbocycles. The third kappa shape index (κ3) is 4.55. The number of aliphatic carboxylic acids is 1. The fourth-order valence-corrected chi connectivity index (χ4v) is 3.00. The second kappa shape index (κ2) is 7.75. The van der Waals surface area contributed by atoms with Crippen LogP contribution in [-0.4, -0.2) is 41.7 Å². The van der Waals surface area contributed by atoms with Crippen LogP contribution in [0.15, 0.2) is 18.2 Å². The normalized spacial score (nSPS) is 22.7. The van der Waals surface area contributed by atoms with Gasteiger partial charge in [0.2, 0.25) is 0 Å². The van der Waals surface area contributed by atoms with Gasteiger partial charge in [-0.3, -0.25) is 9.69 Å². The summed E-state index contributed by atoms with van der Waals surface area (Å²) < 4.78 is 6.05. The summed E-state index contributed by atoms with van der Waals surface area (Å²) in [6.45, 7) is 8.98. The number of aryl methyl sites for hydroxylation is 2. The third-order valence-corrected chi connectivity index (χ3v) is 4.43. The fraction of sp³-hybridized carbons (Fsp3) is 0.611. The van der Waals surface area contributed by atoms with E-state index in [9.17, 15) is 4.79 Å². The molecule has 1 heterocycles. The Morgan fingerprint density at radius 3 is 2.86 bits per heavy atom. The lowest BCUT2D eigenvalue weighted by Crippen LogP contribution is -2.45. The van der Waals surface area contributed by atoms with E-state index in [1.54, 1.807) is 0 Å². The molecule has 0 saturated carbocycles. The Morgan fingerprint density at radius 1 is 1.36 bits per heavy atom. The van der Waals surface area contributed by atoms with Crippen molar-refractivity contribution in [3.63, 3.8) is 0 Å². The molecule has 1 aliphatic rings. The minimum atomic E-state index is -0.705. The predicted molar refractivity (Wildman–Crippen MR) is 87.1 cm³/mol. The maximum Gasteiger partial charge on any atom is 0.303 e. The Kier molecular flexibility index (Phi) is 5.98. The van der Waals surface area contributed by atoms with E-state index in [-0.39, 0.29) is 12.5 Å². The van der Waals surface area contributed by atoms with E-state index < -0.39 is 5.97 Å². The van der Waals surface area contributed by atoms with E-state index in [0.717, 1.165) is 32.5 Å². The summed E-state index contributed by atoms with van der Waals surface area (Å²) in [6.07, 6.45) is 2.05. The van der Waals surface area contributed by atoms with E-state index in [1.165, 1.54) is 16.7 Å². The molecule has 22 heavy (non-hydrogen) atoms. The summed E-state index contributed by atoms with van der Waals surface area (Å²) in [7, 11) is 0. The van der Waals surface area contributed by atoms with Crippen LogP contribution in [0.3, 0.4) is 0 Å². The van der Waals surface area contributed by atoms with Gasteiger partial charge in [0.05, 0.1) is 12.7 Å². The van der Waals surface area contributed by atoms with Crippen LogP contribution in [0.5, 0.6) is 0 Å². The topological polar surface area (TPSA) is 49.8 Å². The standard InChI is InChI=1S/C18H27NO3/c1-13-7-8-14(2)16(10-13)17-11-19(15(3)12-22-17)9-5-4-6-18(20)21/h7-8,10,15,17H,4-6,9,11-12H2,1-3H3,(H,20,21)/t15-,17-/m1/s1. The highest BCUT2D eigenvalue weighted by Crippen LogP contribution is 2.28. The van der Waals surface area contributed by atoms with Crippen LogP contribution in [0, 0.1) is 13.8 Å². The molecule has 1 fully saturated rings. The number of carboxylic acid groups (broad SMARTS) is 1. The number of carboxylic acids is 1. The van der Waals surface area contributed by atoms with Crippen LogP contribution in [0.25, 0.3) is 0 Å². The number of benzene rings is 1. The van der Waals surface area contributed by atoms with Crippen molar-refractivity contribution >= 4 is 5.97 Å². The molecule has 0 aliphatic carbocycles. The molecule has 0 radical (unpaired) electrons. The molecule has 122 valence electrons. The smallest absolute Gasteiger partial charge is 0.303 e. The van der Waals surface area contributed by atoms with Gasteiger partial charge in [0.1, 0.15) is 0 Å². The first kappa shape index (κ1) is 17.0. The largest absolute Gasteiger partial charge is 0.481 e. The number of hydrogen-bond donors (Lipinski definition) is 1. The Balaban J connectivity index is 1.95. The molecule has 4 nitrogen and oxygen atoms in total. The van der Waals surface area contributed by atoms with E-state index in [2.05, 4.69) is 43.9 Å². The summed E-state index contributed by atoms with van der Waals surface area (Å²) in [5, 5.41) is 8.72. The van der Waals surface area contributed by atoms with Gasteiger partial charge in [-0.15, -0.1) is 0 Å². The van der Waals surface area contributed by atoms with Gasteiger partial charge in [-0.2, -0.15) is 0 Å². The zero-order valence-corrected chi connectivity index (χ0v) is 13.8. The van der Waals surface area contributed by atoms with E-state index >= 15 is 0 Å². The molecule has 0 spiro atoms. The minimum Gasteiger partial charge on any atom is -0.481 e. The number of hydrogen-bond acceptors (Lipinski definition) is 3. The first-order valence-corrected chi connectivity index (χ1v) is 8.12. The van der Waals surface area contributed by atoms with Crippen LogP contribution >= 0.6 is 0 Å². The fourth-order valence-electron chi connectivity index (χ4n) is 3.00. The van der Waals surface area contributed by atoms with Crippen molar-refractivity contribution in [1.82, 2.24) is 4.90 Å². The maximum absolute atomic E-state index is 10.6. The highest BCUT2D eigenvalue weighted by Gasteiger charge is 2.27. The van der Waals surface area contributed by atoms with E-state index in [0.29, 0.717) is 6.04 Å². The highest BCUT2D eigenvalue weighted by molar-refractivity contribution is 5.66. The summed E-state index contributed by atoms with van der Waals surface area (Å²) in [6, 6.07) is 6.90. The van der Waals surface area contributed by atoms with Crippen LogP contribution in [-0.2, 0) is 9.53 Å². The van der Waals surface area contributed by atoms with Gasteiger partial charge in [0.15, 0.2) is 0 Å². The Labute approximate surface area is 133 Å². The van der Waals surface area contributed by atoms with Gasteiger partial charge in [0, 0.05) is 19.0 Å². The first-order chi connectivity index (χ1) is 10.5. The minimum absolute atomic E-state index is 0.121. The SMILES string of the molecule is Cc1ccc(C)c([C@H]2CN(CCCCC(=O)O)[C@H](C)CO2)c1. The first-order valence-electron chi connectivity index (χ1n) is 8.12. The van der Waals surface area contributed by atoms with E-state index in [1.807, 2.05) is 0 Å². The van der Waals surface area contributed by atoms with Crippen molar-refractivity contribution in [2.75, 3.05) is 19.7 Å². The average Bonchev–Trinajstić information content (AvgIpc) is 2.47. The monoisotopic (exact) mass is 305 g/mol. The summed E-state index contributed by atoms with van der Waals surface area (Å²) in [5.74, 6) is -0.705. The van der Waals surface area contributed by atoms with Crippen LogP contribution in [0.1, 0.15) is 49.0 Å². The number of morpholine rings is 1. The van der Waals surface area contributed by atoms with Crippen molar-refractivity contribution in [3.8, 4) is 0 Å². The zero-order valence-electron chi connectivity index (χ0n) is 13.8. The van der Waals surface area contributed by atoms with E-state index in [4.69, 9.17) is 9.84 Å². The van der Waals surface area contributed by atoms with Crippen molar-refractivity contribution < 1.29 is 14.6 Å². The molecule has 2 atom stereocenters. The molecule has 0 bridgehead atoms. The zero-order chi connectivity index (χ0) is 16.1. The molecule has 0 unspecified atom stereocenters. The average molecular weight is 305 g/mol. The van der Waals surface area contributed by atoms with Gasteiger partial charge in [-0.1, -0.05) is 23.8 Å². The molecule has 0 aromatic heterocycles. The molecular formula is C18H27NO3. The molecule has 1 N–H and O–H groups in total. The lowest BCUT2D eigenvalue weighted by atomic mass is 9.98. The van der Waals surface area contributed by atoms with Crippen LogP contribution in [0.4, 0.5) is 0 Å². The molecule has 0 amide bonds. The maximum atomic E-state index is 10.6. The number of nitrogens with zero attached hydrogens (tertiary/aromatic N) is 1. The second-order valence-corrected chi connectivity index (χ2v) is 6.38. The molecular weight excluding hydrogens is 278 g/mol. The predicted octanol–water partition coefficient (Wildman–Crippen LogP) is 3.32. The highest BCUT2D eigenvalue weighted by atomic mass is 16.5. The summed E-state index contributed by atoms with van der Waals surface area (Å²) in [5.41, 5.74) is 3.81. The molecule has 4 heteroatoms. The lowest BCUT2D eigenvalue weighted by Gasteiger charge is -2.38. The third-order valence-electron chi connectivity index (χ3n) is 4.43. The number of rotatable bonds is 6. The summed E-state index contributed by atoms with van der Waals surface area (Å²) >= 11 is 0. The second-order valence-electron chi connectivity index (χ2n) is 6.38. The quantitative estimate of drug-likeness (QED) is 0.819. The molecule has 1 aromatic rings. The Bertz CT molecular complexity index is 515. The van der Waals surface area contributed by atoms with Gasteiger partial charge < -0.3 is 9.84 Å². The van der Waals surface area contributed by atoms with Crippen molar-refractivity contribution in [1.29, 1.82) is 0 Å². The van der Waals surface area contributed by atoms with Crippen LogP contribution < -0.4 is 0 Å². The lowest BCUT2D eigenvalue weighted by molar-refractivity contribution is -0.137. The van der Waals surface area contributed by atoms with Gasteiger partial charge in [-0.05, 0) is 51.3 Å². The molecule has 2 rings (SSSR count). The van der Waals surface area contributed by atoms with Gasteiger partial charge >= 0.3 is 5.97 Å². The Morgan fingerprint density at radius 2 is 2.14 bits per heavy atom. The summed E-state index contributed by atoms with van der Waals surface area (Å²) in [4.78, 5) is 13.0. The number of ether oxygens (including phenoxy) is 1. The number of unbranched alkanes of at least 4 members (excludes halogenated alkanes) is 1. The van der Waals surface area contributed by atoms with Crippen LogP contribution in [0.2, 0.25) is 0 Å².